The Morgan fingerprint density at radius 3 is 2.50 bits per heavy atom. The Morgan fingerprint density at radius 1 is 1.12 bits per heavy atom. The summed E-state index contributed by atoms with van der Waals surface area (Å²) >= 11 is 11.8. The van der Waals surface area contributed by atoms with Gasteiger partial charge in [-0.2, -0.15) is 0 Å². The van der Waals surface area contributed by atoms with Crippen LogP contribution in [-0.2, 0) is 16.0 Å². The van der Waals surface area contributed by atoms with Gasteiger partial charge in [0, 0.05) is 5.69 Å². The number of carbonyl (C=O) groups is 2. The van der Waals surface area contributed by atoms with Crippen LogP contribution in [0.25, 0.3) is 0 Å². The van der Waals surface area contributed by atoms with Crippen molar-refractivity contribution < 1.29 is 14.7 Å². The normalized spacial score (nSPS) is 11.8. The molecule has 2 aromatic carbocycles. The first-order chi connectivity index (χ1) is 11.3. The predicted octanol–water partition coefficient (Wildman–Crippen LogP) is 4.57. The number of carboxylic acid groups (broad SMARTS) is 1. The summed E-state index contributed by atoms with van der Waals surface area (Å²) in [5, 5.41) is 12.5. The van der Waals surface area contributed by atoms with Gasteiger partial charge in [-0.25, -0.2) is 0 Å². The molecular weight excluding hydrogens is 349 g/mol. The molecule has 0 aromatic heterocycles. The number of aliphatic carboxylic acids is 1. The van der Waals surface area contributed by atoms with Crippen molar-refractivity contribution in [2.45, 2.75) is 19.8 Å². The van der Waals surface area contributed by atoms with Gasteiger partial charge in [0.25, 0.3) is 0 Å². The number of nitrogens with one attached hydrogen (secondary N) is 1. The second-order valence-electron chi connectivity index (χ2n) is 5.61. The molecule has 0 bridgehead atoms. The lowest BCUT2D eigenvalue weighted by Crippen LogP contribution is -2.27. The molecule has 0 aliphatic rings. The van der Waals surface area contributed by atoms with Crippen molar-refractivity contribution in [2.24, 2.45) is 5.92 Å². The molecule has 0 fully saturated rings. The number of benzene rings is 2. The molecule has 0 radical (unpaired) electrons. The Hall–Kier alpha value is -2.04. The van der Waals surface area contributed by atoms with Crippen molar-refractivity contribution in [3.05, 3.63) is 63.6 Å². The average Bonchev–Trinajstić information content (AvgIpc) is 2.50. The Bertz CT molecular complexity index is 762. The zero-order chi connectivity index (χ0) is 17.7. The molecule has 2 N–H and O–H groups in total. The second-order valence-corrected chi connectivity index (χ2v) is 6.42. The number of aryl methyl sites for hydroxylation is 1. The van der Waals surface area contributed by atoms with Gasteiger partial charge in [-0.15, -0.1) is 0 Å². The zero-order valence-electron chi connectivity index (χ0n) is 13.1. The van der Waals surface area contributed by atoms with E-state index in [0.717, 1.165) is 11.1 Å². The van der Waals surface area contributed by atoms with E-state index in [1.54, 1.807) is 12.1 Å². The molecule has 126 valence electrons. The predicted molar refractivity (Wildman–Crippen MR) is 95.7 cm³/mol. The summed E-state index contributed by atoms with van der Waals surface area (Å²) in [5.41, 5.74) is 2.46. The van der Waals surface area contributed by atoms with Gasteiger partial charge in [0.1, 0.15) is 0 Å². The maximum Gasteiger partial charge on any atom is 0.304 e. The summed E-state index contributed by atoms with van der Waals surface area (Å²) in [7, 11) is 0. The highest BCUT2D eigenvalue weighted by Gasteiger charge is 2.22. The summed E-state index contributed by atoms with van der Waals surface area (Å²) < 4.78 is 0. The van der Waals surface area contributed by atoms with E-state index in [4.69, 9.17) is 28.3 Å². The van der Waals surface area contributed by atoms with E-state index in [0.29, 0.717) is 22.2 Å². The van der Waals surface area contributed by atoms with E-state index < -0.39 is 11.9 Å². The highest BCUT2D eigenvalue weighted by Crippen LogP contribution is 2.26. The monoisotopic (exact) mass is 365 g/mol. The van der Waals surface area contributed by atoms with E-state index in [1.165, 1.54) is 6.07 Å². The highest BCUT2D eigenvalue weighted by atomic mass is 35.5. The Balaban J connectivity index is 2.15. The lowest BCUT2D eigenvalue weighted by atomic mass is 9.94. The van der Waals surface area contributed by atoms with Crippen molar-refractivity contribution >= 4 is 40.8 Å². The minimum absolute atomic E-state index is 0.249. The molecule has 0 heterocycles. The van der Waals surface area contributed by atoms with Gasteiger partial charge in [-0.05, 0) is 37.1 Å². The van der Waals surface area contributed by atoms with Gasteiger partial charge in [0.05, 0.1) is 22.4 Å². The fourth-order valence-corrected chi connectivity index (χ4v) is 2.71. The first kappa shape index (κ1) is 18.3. The molecule has 1 atom stereocenters. The molecule has 0 aliphatic heterocycles. The van der Waals surface area contributed by atoms with E-state index in [-0.39, 0.29) is 12.3 Å². The van der Waals surface area contributed by atoms with Crippen LogP contribution in [0.3, 0.4) is 0 Å². The van der Waals surface area contributed by atoms with Gasteiger partial charge in [-0.1, -0.05) is 53.0 Å². The zero-order valence-corrected chi connectivity index (χ0v) is 14.6. The van der Waals surface area contributed by atoms with E-state index in [9.17, 15) is 9.59 Å². The molecule has 4 nitrogen and oxygen atoms in total. The maximum atomic E-state index is 12.5. The topological polar surface area (TPSA) is 66.4 Å². The number of rotatable bonds is 6. The molecule has 0 aliphatic carbocycles. The largest absolute Gasteiger partial charge is 0.481 e. The summed E-state index contributed by atoms with van der Waals surface area (Å²) in [6.07, 6.45) is 0.0994. The molecular formula is C18H17Cl2NO3. The van der Waals surface area contributed by atoms with Crippen molar-refractivity contribution in [2.75, 3.05) is 5.32 Å². The fraction of sp³-hybridized carbons (Fsp3) is 0.222. The third-order valence-corrected chi connectivity index (χ3v) is 4.28. The first-order valence-corrected chi connectivity index (χ1v) is 8.14. The number of halogens is 2. The van der Waals surface area contributed by atoms with Gasteiger partial charge in [-0.3, -0.25) is 9.59 Å². The minimum atomic E-state index is -1.02. The average molecular weight is 366 g/mol. The van der Waals surface area contributed by atoms with Crippen molar-refractivity contribution in [3.8, 4) is 0 Å². The number of anilines is 1. The van der Waals surface area contributed by atoms with Crippen LogP contribution in [-0.4, -0.2) is 17.0 Å². The van der Waals surface area contributed by atoms with Gasteiger partial charge in [0.15, 0.2) is 0 Å². The van der Waals surface area contributed by atoms with Gasteiger partial charge in [0.2, 0.25) is 5.91 Å². The summed E-state index contributed by atoms with van der Waals surface area (Å²) in [6, 6.07) is 12.4. The van der Waals surface area contributed by atoms with Crippen LogP contribution in [0.1, 0.15) is 17.5 Å². The summed E-state index contributed by atoms with van der Waals surface area (Å²) in [4.78, 5) is 23.6. The number of carbonyl (C=O) groups excluding carboxylic acids is 1. The maximum absolute atomic E-state index is 12.5. The lowest BCUT2D eigenvalue weighted by molar-refractivity contribution is -0.140. The Morgan fingerprint density at radius 2 is 1.88 bits per heavy atom. The quantitative estimate of drug-likeness (QED) is 0.787. The third kappa shape index (κ3) is 5.25. The number of hydrogen-bond donors (Lipinski definition) is 2. The first-order valence-electron chi connectivity index (χ1n) is 7.38. The second kappa shape index (κ2) is 8.18. The van der Waals surface area contributed by atoms with Crippen LogP contribution in [0.15, 0.2) is 42.5 Å². The van der Waals surface area contributed by atoms with Gasteiger partial charge >= 0.3 is 5.97 Å². The van der Waals surface area contributed by atoms with Crippen LogP contribution in [0.5, 0.6) is 0 Å². The molecule has 24 heavy (non-hydrogen) atoms. The van der Waals surface area contributed by atoms with Crippen molar-refractivity contribution in [1.82, 2.24) is 0 Å². The van der Waals surface area contributed by atoms with Gasteiger partial charge < -0.3 is 10.4 Å². The van der Waals surface area contributed by atoms with Crippen molar-refractivity contribution in [1.29, 1.82) is 0 Å². The smallest absolute Gasteiger partial charge is 0.304 e. The van der Waals surface area contributed by atoms with E-state index >= 15 is 0 Å². The molecule has 6 heteroatoms. The van der Waals surface area contributed by atoms with Crippen LogP contribution >= 0.6 is 23.2 Å². The number of carboxylic acids is 1. The number of hydrogen-bond acceptors (Lipinski definition) is 2. The minimum Gasteiger partial charge on any atom is -0.481 e. The fourth-order valence-electron chi connectivity index (χ4n) is 2.41. The molecule has 2 aromatic rings. The van der Waals surface area contributed by atoms with Crippen molar-refractivity contribution in [3.63, 3.8) is 0 Å². The highest BCUT2D eigenvalue weighted by molar-refractivity contribution is 6.42. The summed E-state index contributed by atoms with van der Waals surface area (Å²) in [6.45, 7) is 1.95. The third-order valence-electron chi connectivity index (χ3n) is 3.54. The summed E-state index contributed by atoms with van der Waals surface area (Å²) in [5.74, 6) is -2.06. The number of amides is 1. The molecule has 0 saturated heterocycles. The molecule has 0 spiro atoms. The Kier molecular flexibility index (Phi) is 6.23. The van der Waals surface area contributed by atoms with E-state index in [1.807, 2.05) is 31.2 Å². The van der Waals surface area contributed by atoms with Crippen LogP contribution in [0, 0.1) is 12.8 Å². The molecule has 1 unspecified atom stereocenters. The van der Waals surface area contributed by atoms with Crippen LogP contribution in [0.2, 0.25) is 10.0 Å². The van der Waals surface area contributed by atoms with E-state index in [2.05, 4.69) is 5.32 Å². The van der Waals surface area contributed by atoms with Crippen LogP contribution < -0.4 is 5.32 Å². The standard InChI is InChI=1S/C18H17Cl2NO3/c1-11-3-2-4-12(7-11)8-13(9-17(22)23)18(24)21-14-5-6-15(19)16(20)10-14/h2-7,10,13H,8-9H2,1H3,(H,21,24)(H,22,23). The molecule has 1 amide bonds. The lowest BCUT2D eigenvalue weighted by Gasteiger charge is -2.16. The SMILES string of the molecule is Cc1cccc(CC(CC(=O)O)C(=O)Nc2ccc(Cl)c(Cl)c2)c1. The Labute approximate surface area is 150 Å². The van der Waals surface area contributed by atoms with Crippen LogP contribution in [0.4, 0.5) is 5.69 Å². The molecule has 2 rings (SSSR count). The molecule has 0 saturated carbocycles.